The maximum Gasteiger partial charge on any atom is -0.0326 e. The average molecular weight is 167 g/mol. The number of hydrogen-bond acceptors (Lipinski definition) is 0. The van der Waals surface area contributed by atoms with Crippen LogP contribution in [-0.4, -0.2) is 0 Å². The third-order valence-electron chi connectivity index (χ3n) is 3.21. The van der Waals surface area contributed by atoms with Crippen molar-refractivity contribution >= 4 is 0 Å². The Balaban J connectivity index is 2.40. The molecule has 1 aliphatic rings. The van der Waals surface area contributed by atoms with E-state index in [2.05, 4.69) is 20.8 Å². The summed E-state index contributed by atoms with van der Waals surface area (Å²) in [5.74, 6) is 0.873. The Kier molecular flexibility index (Phi) is 3.61. The van der Waals surface area contributed by atoms with Gasteiger partial charge in [-0.05, 0) is 31.1 Å². The summed E-state index contributed by atoms with van der Waals surface area (Å²) in [7, 11) is 0. The van der Waals surface area contributed by atoms with Crippen LogP contribution in [0.3, 0.4) is 0 Å². The summed E-state index contributed by atoms with van der Waals surface area (Å²) >= 11 is 0. The smallest absolute Gasteiger partial charge is 0.0326 e. The normalized spacial score (nSPS) is 23.2. The molecular weight excluding hydrogens is 144 g/mol. The summed E-state index contributed by atoms with van der Waals surface area (Å²) in [6.45, 7) is 8.85. The van der Waals surface area contributed by atoms with E-state index in [-0.39, 0.29) is 0 Å². The summed E-state index contributed by atoms with van der Waals surface area (Å²) < 4.78 is 0. The molecule has 0 aromatic rings. The Hall–Kier alpha value is 0. The highest BCUT2D eigenvalue weighted by Gasteiger charge is 2.24. The Morgan fingerprint density at radius 3 is 1.75 bits per heavy atom. The first-order valence-corrected chi connectivity index (χ1v) is 5.46. The topological polar surface area (TPSA) is 0 Å². The second-order valence-corrected chi connectivity index (χ2v) is 5.03. The van der Waals surface area contributed by atoms with Crippen LogP contribution >= 0.6 is 0 Å². The molecule has 0 unspecified atom stereocenters. The molecule has 0 N–H and O–H groups in total. The van der Waals surface area contributed by atoms with Crippen molar-refractivity contribution in [1.82, 2.24) is 0 Å². The van der Waals surface area contributed by atoms with E-state index < -0.39 is 0 Å². The Morgan fingerprint density at radius 1 is 0.917 bits per heavy atom. The second-order valence-electron chi connectivity index (χ2n) is 5.03. The van der Waals surface area contributed by atoms with Gasteiger partial charge in [0, 0.05) is 0 Å². The molecule has 0 heterocycles. The van der Waals surface area contributed by atoms with E-state index in [1.165, 1.54) is 44.9 Å². The minimum Gasteiger partial charge on any atom is -0.0596 e. The summed E-state index contributed by atoms with van der Waals surface area (Å²) in [5.41, 5.74) is 0.303. The molecule has 0 aromatic carbocycles. The average Bonchev–Trinajstić information content (AvgIpc) is 1.81. The van der Waals surface area contributed by atoms with E-state index in [1.807, 2.05) is 0 Å². The molecule has 0 bridgehead atoms. The number of hydrogen-bond donors (Lipinski definition) is 0. The lowest BCUT2D eigenvalue weighted by Gasteiger charge is -2.32. The molecule has 0 amide bonds. The van der Waals surface area contributed by atoms with Gasteiger partial charge < -0.3 is 0 Å². The fraction of sp³-hybridized carbons (Fsp3) is 0.917. The molecular formula is C12H23. The van der Waals surface area contributed by atoms with Crippen LogP contribution in [-0.2, 0) is 0 Å². The predicted molar refractivity (Wildman–Crippen MR) is 54.9 cm³/mol. The zero-order valence-electron chi connectivity index (χ0n) is 8.73. The first kappa shape index (κ1) is 10.1. The zero-order chi connectivity index (χ0) is 9.03. The Bertz CT molecular complexity index is 110. The fourth-order valence-electron chi connectivity index (χ4n) is 2.24. The van der Waals surface area contributed by atoms with Crippen LogP contribution in [0.1, 0.15) is 58.8 Å². The van der Waals surface area contributed by atoms with Crippen LogP contribution in [0.5, 0.6) is 0 Å². The van der Waals surface area contributed by atoms with E-state index in [0.29, 0.717) is 5.41 Å². The zero-order valence-corrected chi connectivity index (χ0v) is 8.73. The molecule has 1 saturated carbocycles. The van der Waals surface area contributed by atoms with Gasteiger partial charge in [0.15, 0.2) is 0 Å². The molecule has 1 rings (SSSR count). The van der Waals surface area contributed by atoms with Gasteiger partial charge >= 0.3 is 0 Å². The first-order chi connectivity index (χ1) is 5.61. The van der Waals surface area contributed by atoms with Crippen molar-refractivity contribution in [2.45, 2.75) is 58.8 Å². The van der Waals surface area contributed by atoms with Gasteiger partial charge in [0.25, 0.3) is 0 Å². The quantitative estimate of drug-likeness (QED) is 0.549. The van der Waals surface area contributed by atoms with Gasteiger partial charge in [-0.2, -0.15) is 0 Å². The Morgan fingerprint density at radius 2 is 1.33 bits per heavy atom. The highest BCUT2D eigenvalue weighted by Crippen LogP contribution is 2.35. The first-order valence-electron chi connectivity index (χ1n) is 5.46. The van der Waals surface area contributed by atoms with Crippen LogP contribution in [0.15, 0.2) is 0 Å². The van der Waals surface area contributed by atoms with Crippen molar-refractivity contribution in [3.8, 4) is 0 Å². The molecule has 0 saturated heterocycles. The second kappa shape index (κ2) is 4.30. The predicted octanol–water partition coefficient (Wildman–Crippen LogP) is 4.21. The van der Waals surface area contributed by atoms with Crippen LogP contribution < -0.4 is 0 Å². The SMILES string of the molecule is [CH2]C(C)(C)C1CCCCCCC1. The molecule has 1 fully saturated rings. The Labute approximate surface area is 77.7 Å². The van der Waals surface area contributed by atoms with E-state index in [9.17, 15) is 0 Å². The van der Waals surface area contributed by atoms with E-state index in [4.69, 9.17) is 0 Å². The van der Waals surface area contributed by atoms with Crippen molar-refractivity contribution < 1.29 is 0 Å². The van der Waals surface area contributed by atoms with E-state index in [0.717, 1.165) is 5.92 Å². The minimum absolute atomic E-state index is 0.303. The van der Waals surface area contributed by atoms with E-state index >= 15 is 0 Å². The molecule has 71 valence electrons. The van der Waals surface area contributed by atoms with E-state index in [1.54, 1.807) is 0 Å². The molecule has 0 aromatic heterocycles. The lowest BCUT2D eigenvalue weighted by Crippen LogP contribution is -2.21. The lowest BCUT2D eigenvalue weighted by atomic mass is 9.74. The fourth-order valence-corrected chi connectivity index (χ4v) is 2.24. The van der Waals surface area contributed by atoms with Crippen molar-refractivity contribution in [2.24, 2.45) is 11.3 Å². The summed E-state index contributed by atoms with van der Waals surface area (Å²) in [4.78, 5) is 0. The number of rotatable bonds is 1. The standard InChI is InChI=1S/C12H23/c1-12(2,3)11-9-7-5-4-6-8-10-11/h11H,1,4-10H2,2-3H3. The minimum atomic E-state index is 0.303. The molecule has 1 radical (unpaired) electrons. The maximum absolute atomic E-state index is 4.27. The summed E-state index contributed by atoms with van der Waals surface area (Å²) in [5, 5.41) is 0. The van der Waals surface area contributed by atoms with Gasteiger partial charge in [-0.3, -0.25) is 0 Å². The van der Waals surface area contributed by atoms with Crippen LogP contribution in [0.2, 0.25) is 0 Å². The molecule has 1 aliphatic carbocycles. The molecule has 0 spiro atoms. The van der Waals surface area contributed by atoms with Gasteiger partial charge in [-0.15, -0.1) is 0 Å². The summed E-state index contributed by atoms with van der Waals surface area (Å²) in [6.07, 6.45) is 10.1. The van der Waals surface area contributed by atoms with Crippen molar-refractivity contribution in [1.29, 1.82) is 0 Å². The van der Waals surface area contributed by atoms with Crippen LogP contribution in [0, 0.1) is 18.3 Å². The van der Waals surface area contributed by atoms with Gasteiger partial charge in [-0.25, -0.2) is 0 Å². The highest BCUT2D eigenvalue weighted by atomic mass is 14.3. The largest absolute Gasteiger partial charge is 0.0596 e. The summed E-state index contributed by atoms with van der Waals surface area (Å²) in [6, 6.07) is 0. The molecule has 0 nitrogen and oxygen atoms in total. The highest BCUT2D eigenvalue weighted by molar-refractivity contribution is 4.81. The molecule has 12 heavy (non-hydrogen) atoms. The van der Waals surface area contributed by atoms with Gasteiger partial charge in [-0.1, -0.05) is 46.0 Å². The molecule has 0 heteroatoms. The van der Waals surface area contributed by atoms with Crippen molar-refractivity contribution in [3.05, 3.63) is 6.92 Å². The van der Waals surface area contributed by atoms with Crippen molar-refractivity contribution in [2.75, 3.05) is 0 Å². The molecule has 0 aliphatic heterocycles. The third kappa shape index (κ3) is 3.16. The van der Waals surface area contributed by atoms with Gasteiger partial charge in [0.05, 0.1) is 0 Å². The lowest BCUT2D eigenvalue weighted by molar-refractivity contribution is 0.223. The van der Waals surface area contributed by atoms with Gasteiger partial charge in [0.1, 0.15) is 0 Å². The van der Waals surface area contributed by atoms with Gasteiger partial charge in [0.2, 0.25) is 0 Å². The third-order valence-corrected chi connectivity index (χ3v) is 3.21. The van der Waals surface area contributed by atoms with Crippen molar-refractivity contribution in [3.63, 3.8) is 0 Å². The monoisotopic (exact) mass is 167 g/mol. The molecule has 0 atom stereocenters. The maximum atomic E-state index is 4.27. The van der Waals surface area contributed by atoms with Crippen LogP contribution in [0.4, 0.5) is 0 Å². The van der Waals surface area contributed by atoms with Crippen LogP contribution in [0.25, 0.3) is 0 Å².